The van der Waals surface area contributed by atoms with Crippen LogP contribution < -0.4 is 5.73 Å². The van der Waals surface area contributed by atoms with E-state index in [0.29, 0.717) is 0 Å². The highest BCUT2D eigenvalue weighted by Crippen LogP contribution is 2.19. The fourth-order valence-corrected chi connectivity index (χ4v) is 2.42. The van der Waals surface area contributed by atoms with Crippen molar-refractivity contribution in [2.24, 2.45) is 5.73 Å². The third-order valence-electron chi connectivity index (χ3n) is 3.43. The SMILES string of the molecule is Cc1cnc(C(N)CCCc2ccccc2)c(C)c1. The van der Waals surface area contributed by atoms with Gasteiger partial charge in [0.2, 0.25) is 0 Å². The molecule has 0 spiro atoms. The van der Waals surface area contributed by atoms with Gasteiger partial charge in [0.1, 0.15) is 0 Å². The largest absolute Gasteiger partial charge is 0.323 e. The Labute approximate surface area is 115 Å². The van der Waals surface area contributed by atoms with Gasteiger partial charge in [0.05, 0.1) is 5.69 Å². The van der Waals surface area contributed by atoms with E-state index in [9.17, 15) is 0 Å². The summed E-state index contributed by atoms with van der Waals surface area (Å²) < 4.78 is 0. The lowest BCUT2D eigenvalue weighted by molar-refractivity contribution is 0.594. The van der Waals surface area contributed by atoms with Crippen LogP contribution in [0.3, 0.4) is 0 Å². The van der Waals surface area contributed by atoms with Gasteiger partial charge in [-0.2, -0.15) is 0 Å². The molecule has 0 saturated heterocycles. The molecule has 0 amide bonds. The van der Waals surface area contributed by atoms with Crippen LogP contribution in [0.4, 0.5) is 0 Å². The first kappa shape index (κ1) is 13.8. The number of aryl methyl sites for hydroxylation is 3. The normalized spacial score (nSPS) is 12.4. The highest BCUT2D eigenvalue weighted by molar-refractivity contribution is 5.25. The standard InChI is InChI=1S/C17H22N2/c1-13-11-14(2)17(19-12-13)16(18)10-6-9-15-7-4-3-5-8-15/h3-5,7-8,11-12,16H,6,9-10,18H2,1-2H3. The monoisotopic (exact) mass is 254 g/mol. The van der Waals surface area contributed by atoms with E-state index in [0.717, 1.165) is 25.0 Å². The fraction of sp³-hybridized carbons (Fsp3) is 0.353. The van der Waals surface area contributed by atoms with Gasteiger partial charge in [-0.25, -0.2) is 0 Å². The van der Waals surface area contributed by atoms with Crippen molar-refractivity contribution in [3.05, 3.63) is 65.0 Å². The highest BCUT2D eigenvalue weighted by Gasteiger charge is 2.10. The Bertz CT molecular complexity index is 520. The summed E-state index contributed by atoms with van der Waals surface area (Å²) in [7, 11) is 0. The molecule has 0 aliphatic carbocycles. The Morgan fingerprint density at radius 3 is 2.58 bits per heavy atom. The van der Waals surface area contributed by atoms with Gasteiger partial charge in [-0.1, -0.05) is 36.4 Å². The summed E-state index contributed by atoms with van der Waals surface area (Å²) in [6, 6.07) is 12.8. The fourth-order valence-electron chi connectivity index (χ4n) is 2.42. The van der Waals surface area contributed by atoms with Crippen LogP contribution in [0.5, 0.6) is 0 Å². The van der Waals surface area contributed by atoms with Crippen LogP contribution in [-0.4, -0.2) is 4.98 Å². The van der Waals surface area contributed by atoms with E-state index in [1.165, 1.54) is 16.7 Å². The summed E-state index contributed by atoms with van der Waals surface area (Å²) in [4.78, 5) is 4.48. The first-order valence-electron chi connectivity index (χ1n) is 6.89. The van der Waals surface area contributed by atoms with Crippen LogP contribution in [0.2, 0.25) is 0 Å². The van der Waals surface area contributed by atoms with Crippen molar-refractivity contribution in [2.45, 2.75) is 39.2 Å². The Morgan fingerprint density at radius 1 is 1.16 bits per heavy atom. The van der Waals surface area contributed by atoms with E-state index in [1.807, 2.05) is 6.20 Å². The molecule has 1 aromatic heterocycles. The molecule has 0 saturated carbocycles. The molecule has 1 aromatic carbocycles. The Balaban J connectivity index is 1.89. The lowest BCUT2D eigenvalue weighted by atomic mass is 10.00. The number of aromatic nitrogens is 1. The molecule has 1 atom stereocenters. The quantitative estimate of drug-likeness (QED) is 0.883. The molecule has 1 heterocycles. The molecule has 100 valence electrons. The molecule has 2 aromatic rings. The van der Waals surface area contributed by atoms with Crippen LogP contribution in [0.1, 0.15) is 41.3 Å². The second-order valence-electron chi connectivity index (χ2n) is 5.20. The summed E-state index contributed by atoms with van der Waals surface area (Å²) in [6.45, 7) is 4.15. The number of hydrogen-bond acceptors (Lipinski definition) is 2. The zero-order valence-electron chi connectivity index (χ0n) is 11.8. The highest BCUT2D eigenvalue weighted by atomic mass is 14.8. The van der Waals surface area contributed by atoms with Crippen molar-refractivity contribution in [1.29, 1.82) is 0 Å². The average molecular weight is 254 g/mol. The third kappa shape index (κ3) is 3.90. The summed E-state index contributed by atoms with van der Waals surface area (Å²) >= 11 is 0. The zero-order chi connectivity index (χ0) is 13.7. The van der Waals surface area contributed by atoms with Crippen molar-refractivity contribution in [2.75, 3.05) is 0 Å². The summed E-state index contributed by atoms with van der Waals surface area (Å²) in [6.07, 6.45) is 5.06. The lowest BCUT2D eigenvalue weighted by Gasteiger charge is -2.14. The molecular formula is C17H22N2. The third-order valence-corrected chi connectivity index (χ3v) is 3.43. The summed E-state index contributed by atoms with van der Waals surface area (Å²) in [5.74, 6) is 0. The second-order valence-corrected chi connectivity index (χ2v) is 5.20. The molecule has 2 heteroatoms. The van der Waals surface area contributed by atoms with Crippen molar-refractivity contribution >= 4 is 0 Å². The molecule has 0 bridgehead atoms. The molecule has 2 nitrogen and oxygen atoms in total. The Morgan fingerprint density at radius 2 is 1.89 bits per heavy atom. The van der Waals surface area contributed by atoms with E-state index in [4.69, 9.17) is 5.73 Å². The molecule has 2 N–H and O–H groups in total. The van der Waals surface area contributed by atoms with Gasteiger partial charge in [0, 0.05) is 12.2 Å². The molecule has 0 aliphatic heterocycles. The smallest absolute Gasteiger partial charge is 0.0600 e. The number of benzene rings is 1. The van der Waals surface area contributed by atoms with Gasteiger partial charge in [-0.3, -0.25) is 4.98 Å². The number of nitrogens with two attached hydrogens (primary N) is 1. The molecule has 0 aliphatic rings. The van der Waals surface area contributed by atoms with E-state index >= 15 is 0 Å². The van der Waals surface area contributed by atoms with Gasteiger partial charge in [0.25, 0.3) is 0 Å². The molecule has 1 unspecified atom stereocenters. The van der Waals surface area contributed by atoms with Crippen LogP contribution in [0.15, 0.2) is 42.6 Å². The summed E-state index contributed by atoms with van der Waals surface area (Å²) in [5, 5.41) is 0. The molecule has 0 radical (unpaired) electrons. The van der Waals surface area contributed by atoms with Gasteiger partial charge in [-0.05, 0) is 49.8 Å². The van der Waals surface area contributed by atoms with Gasteiger partial charge >= 0.3 is 0 Å². The Kier molecular flexibility index (Phi) is 4.69. The number of nitrogens with zero attached hydrogens (tertiary/aromatic N) is 1. The van der Waals surface area contributed by atoms with Crippen LogP contribution in [0, 0.1) is 13.8 Å². The van der Waals surface area contributed by atoms with Crippen molar-refractivity contribution < 1.29 is 0 Å². The maximum atomic E-state index is 6.25. The number of hydrogen-bond donors (Lipinski definition) is 1. The molecular weight excluding hydrogens is 232 g/mol. The molecule has 0 fully saturated rings. The minimum absolute atomic E-state index is 0.0457. The van der Waals surface area contributed by atoms with Crippen molar-refractivity contribution in [3.8, 4) is 0 Å². The average Bonchev–Trinajstić information content (AvgIpc) is 2.39. The van der Waals surface area contributed by atoms with E-state index in [-0.39, 0.29) is 6.04 Å². The Hall–Kier alpha value is -1.67. The van der Waals surface area contributed by atoms with Gasteiger partial charge < -0.3 is 5.73 Å². The predicted molar refractivity (Wildman–Crippen MR) is 80.0 cm³/mol. The van der Waals surface area contributed by atoms with Crippen LogP contribution in [0.25, 0.3) is 0 Å². The number of rotatable bonds is 5. The van der Waals surface area contributed by atoms with Crippen molar-refractivity contribution in [3.63, 3.8) is 0 Å². The van der Waals surface area contributed by atoms with Crippen LogP contribution in [-0.2, 0) is 6.42 Å². The van der Waals surface area contributed by atoms with E-state index in [2.05, 4.69) is 55.2 Å². The van der Waals surface area contributed by atoms with E-state index in [1.54, 1.807) is 0 Å². The minimum atomic E-state index is 0.0457. The number of pyridine rings is 1. The van der Waals surface area contributed by atoms with Crippen LogP contribution >= 0.6 is 0 Å². The zero-order valence-corrected chi connectivity index (χ0v) is 11.8. The van der Waals surface area contributed by atoms with Gasteiger partial charge in [-0.15, -0.1) is 0 Å². The van der Waals surface area contributed by atoms with Gasteiger partial charge in [0.15, 0.2) is 0 Å². The first-order valence-corrected chi connectivity index (χ1v) is 6.89. The molecule has 19 heavy (non-hydrogen) atoms. The molecule has 2 rings (SSSR count). The maximum absolute atomic E-state index is 6.25. The second kappa shape index (κ2) is 6.48. The topological polar surface area (TPSA) is 38.9 Å². The lowest BCUT2D eigenvalue weighted by Crippen LogP contribution is -2.14. The predicted octanol–water partition coefficient (Wildman–Crippen LogP) is 3.72. The van der Waals surface area contributed by atoms with Crippen molar-refractivity contribution in [1.82, 2.24) is 4.98 Å². The summed E-state index contributed by atoms with van der Waals surface area (Å²) in [5.41, 5.74) is 11.1. The maximum Gasteiger partial charge on any atom is 0.0600 e. The minimum Gasteiger partial charge on any atom is -0.323 e. The first-order chi connectivity index (χ1) is 9.16. The van der Waals surface area contributed by atoms with E-state index < -0.39 is 0 Å².